The van der Waals surface area contributed by atoms with E-state index in [0.29, 0.717) is 43.9 Å². The lowest BCUT2D eigenvalue weighted by molar-refractivity contribution is -0.138. The van der Waals surface area contributed by atoms with Gasteiger partial charge in [-0.1, -0.05) is 65.7 Å². The Labute approximate surface area is 320 Å². The Morgan fingerprint density at radius 1 is 0.818 bits per heavy atom. The molecule has 2 aliphatic heterocycles. The van der Waals surface area contributed by atoms with E-state index in [1.165, 1.54) is 36.1 Å². The van der Waals surface area contributed by atoms with Crippen LogP contribution in [0.15, 0.2) is 121 Å². The number of anilines is 2. The Kier molecular flexibility index (Phi) is 8.02. The highest BCUT2D eigenvalue weighted by molar-refractivity contribution is 6.30. The molecule has 0 aromatic heterocycles. The fourth-order valence-electron chi connectivity index (χ4n) is 9.66. The van der Waals surface area contributed by atoms with E-state index in [1.807, 2.05) is 18.2 Å². The number of hydrazine groups is 1. The van der Waals surface area contributed by atoms with Gasteiger partial charge >= 0.3 is 0 Å². The van der Waals surface area contributed by atoms with E-state index in [4.69, 9.17) is 11.6 Å². The molecule has 9 nitrogen and oxygen atoms in total. The van der Waals surface area contributed by atoms with Gasteiger partial charge in [0, 0.05) is 21.9 Å². The average molecular weight is 754 g/mol. The van der Waals surface area contributed by atoms with Gasteiger partial charge in [0.25, 0.3) is 11.8 Å². The highest BCUT2D eigenvalue weighted by Crippen LogP contribution is 2.65. The molecule has 0 bridgehead atoms. The molecule has 5 aromatic rings. The molecular weight excluding hydrogens is 721 g/mol. The van der Waals surface area contributed by atoms with Crippen molar-refractivity contribution in [3.8, 4) is 5.75 Å². The van der Waals surface area contributed by atoms with Gasteiger partial charge in [-0.2, -0.15) is 5.01 Å². The minimum Gasteiger partial charge on any atom is -0.507 e. The first-order valence-corrected chi connectivity index (χ1v) is 18.4. The number of nitrogens with zero attached hydrogens (tertiary/aromatic N) is 2. The number of halogens is 2. The van der Waals surface area contributed by atoms with E-state index in [2.05, 4.69) is 5.43 Å². The number of aromatic hydroxyl groups is 1. The molecule has 11 heteroatoms. The third-order valence-corrected chi connectivity index (χ3v) is 12.3. The second-order valence-electron chi connectivity index (χ2n) is 14.7. The maximum atomic E-state index is 15.5. The summed E-state index contributed by atoms with van der Waals surface area (Å²) in [7, 11) is 0. The summed E-state index contributed by atoms with van der Waals surface area (Å²) in [5, 5.41) is 13.7. The monoisotopic (exact) mass is 753 g/mol. The van der Waals surface area contributed by atoms with Crippen LogP contribution in [0.25, 0.3) is 10.8 Å². The van der Waals surface area contributed by atoms with Crippen LogP contribution in [0.2, 0.25) is 5.02 Å². The number of benzene rings is 5. The van der Waals surface area contributed by atoms with E-state index in [1.54, 1.807) is 72.8 Å². The number of rotatable bonds is 6. The molecule has 9 rings (SSSR count). The number of carbonyl (C=O) groups excluding carboxylic acids is 5. The minimum absolute atomic E-state index is 0.0397. The number of phenols is 1. The maximum Gasteiger partial charge on any atom is 0.260 e. The topological polar surface area (TPSA) is 124 Å². The zero-order chi connectivity index (χ0) is 38.3. The highest BCUT2D eigenvalue weighted by Gasteiger charge is 2.70. The van der Waals surface area contributed by atoms with Crippen molar-refractivity contribution in [2.24, 2.45) is 23.7 Å². The minimum atomic E-state index is -1.57. The summed E-state index contributed by atoms with van der Waals surface area (Å²) in [5.74, 6) is -6.49. The molecule has 0 spiro atoms. The third-order valence-electron chi connectivity index (χ3n) is 12.0. The van der Waals surface area contributed by atoms with Crippen LogP contribution in [0.3, 0.4) is 0 Å². The number of hydrogen-bond acceptors (Lipinski definition) is 7. The van der Waals surface area contributed by atoms with Crippen molar-refractivity contribution >= 4 is 63.2 Å². The number of hydrogen-bond donors (Lipinski definition) is 2. The van der Waals surface area contributed by atoms with E-state index in [0.717, 1.165) is 10.6 Å². The van der Waals surface area contributed by atoms with Gasteiger partial charge in [0.2, 0.25) is 11.8 Å². The van der Waals surface area contributed by atoms with Crippen molar-refractivity contribution in [2.45, 2.75) is 31.1 Å². The van der Waals surface area contributed by atoms with Crippen LogP contribution in [-0.4, -0.2) is 39.5 Å². The Hall–Kier alpha value is -6.13. The molecule has 2 N–H and O–H groups in total. The zero-order valence-corrected chi connectivity index (χ0v) is 30.2. The summed E-state index contributed by atoms with van der Waals surface area (Å²) < 4.78 is 13.9. The fourth-order valence-corrected chi connectivity index (χ4v) is 9.78. The second-order valence-corrected chi connectivity index (χ2v) is 15.1. The summed E-state index contributed by atoms with van der Waals surface area (Å²) in [4.78, 5) is 72.4. The predicted molar refractivity (Wildman–Crippen MR) is 204 cm³/mol. The number of allylic oxidation sites excluding steroid dienone is 2. The van der Waals surface area contributed by atoms with Crippen LogP contribution in [0, 0.1) is 29.5 Å². The number of fused-ring (bicyclic) bond motifs is 5. The largest absolute Gasteiger partial charge is 0.507 e. The van der Waals surface area contributed by atoms with Crippen LogP contribution < -0.4 is 10.3 Å². The lowest BCUT2D eigenvalue weighted by Gasteiger charge is -2.51. The van der Waals surface area contributed by atoms with E-state index in [-0.39, 0.29) is 30.3 Å². The van der Waals surface area contributed by atoms with Crippen molar-refractivity contribution in [3.05, 3.63) is 148 Å². The van der Waals surface area contributed by atoms with Crippen molar-refractivity contribution in [2.75, 3.05) is 10.3 Å². The molecule has 6 atom stereocenters. The summed E-state index contributed by atoms with van der Waals surface area (Å²) in [6, 6.07) is 29.1. The molecule has 5 aromatic carbocycles. The number of nitrogens with one attached hydrogen (secondary N) is 1. The summed E-state index contributed by atoms with van der Waals surface area (Å²) >= 11 is 6.41. The van der Waals surface area contributed by atoms with Gasteiger partial charge in [-0.25, -0.2) is 4.39 Å². The van der Waals surface area contributed by atoms with Gasteiger partial charge in [0.1, 0.15) is 11.6 Å². The third kappa shape index (κ3) is 5.08. The Balaban J connectivity index is 1.26. The van der Waals surface area contributed by atoms with Crippen molar-refractivity contribution < 1.29 is 33.5 Å². The van der Waals surface area contributed by atoms with Crippen LogP contribution in [0.4, 0.5) is 15.8 Å². The molecule has 0 radical (unpaired) electrons. The Bertz CT molecular complexity index is 2500. The highest BCUT2D eigenvalue weighted by atomic mass is 35.5. The van der Waals surface area contributed by atoms with Crippen LogP contribution in [-0.2, 0) is 24.6 Å². The summed E-state index contributed by atoms with van der Waals surface area (Å²) in [6.45, 7) is 1.44. The number of Topliss-reactive ketones (excluding diaryl/α,β-unsaturated/α-hetero) is 1. The number of ketones is 1. The van der Waals surface area contributed by atoms with Crippen LogP contribution in [0.5, 0.6) is 5.75 Å². The molecule has 2 saturated heterocycles. The first kappa shape index (κ1) is 34.6. The normalized spacial score (nSPS) is 25.8. The Morgan fingerprint density at radius 2 is 1.51 bits per heavy atom. The van der Waals surface area contributed by atoms with Crippen LogP contribution in [0.1, 0.15) is 47.2 Å². The van der Waals surface area contributed by atoms with E-state index in [9.17, 15) is 28.7 Å². The molecule has 2 heterocycles. The number of carbonyl (C=O) groups is 5. The lowest BCUT2D eigenvalue weighted by atomic mass is 9.49. The molecule has 4 amide bonds. The average Bonchev–Trinajstić information content (AvgIpc) is 3.57. The molecule has 274 valence electrons. The zero-order valence-electron chi connectivity index (χ0n) is 29.4. The summed E-state index contributed by atoms with van der Waals surface area (Å²) in [5.41, 5.74) is 4.46. The van der Waals surface area contributed by atoms with Crippen LogP contribution >= 0.6 is 11.6 Å². The van der Waals surface area contributed by atoms with Crippen molar-refractivity contribution in [1.29, 1.82) is 0 Å². The van der Waals surface area contributed by atoms with Gasteiger partial charge in [0.05, 0.1) is 34.5 Å². The lowest BCUT2D eigenvalue weighted by Crippen LogP contribution is -2.53. The molecule has 6 unspecified atom stereocenters. The van der Waals surface area contributed by atoms with Gasteiger partial charge in [-0.3, -0.25) is 34.3 Å². The van der Waals surface area contributed by atoms with Gasteiger partial charge in [0.15, 0.2) is 5.78 Å². The SMILES string of the molecule is CC(=O)c1ccc(N2C(=O)C3CC=C4C(CC5C(=O)N(Nc6ccc(F)cc6)C(=O)C5(c5ccc(Cl)cc5)C4c4ccc(O)c5ccccc45)C3C2=O)cc1. The molecule has 4 aliphatic rings. The van der Waals surface area contributed by atoms with E-state index >= 15 is 4.79 Å². The first-order chi connectivity index (χ1) is 26.5. The quantitative estimate of drug-likeness (QED) is 0.103. The molecule has 2 aliphatic carbocycles. The predicted octanol–water partition coefficient (Wildman–Crippen LogP) is 7.73. The van der Waals surface area contributed by atoms with Gasteiger partial charge < -0.3 is 5.11 Å². The standard InChI is InChI=1S/C44H33ClFN3O6/c1-23(50)24-6-16-29(17-7-24)48-40(52)34-19-18-33-35(38(34)42(48)54)22-36-41(53)49(47-28-14-12-27(46)13-15-28)43(55)44(36,25-8-10-26(45)11-9-25)39(33)32-20-21-37(51)31-5-3-2-4-30(31)32/h2-18,20-21,34-36,38-39,47,51H,19,22H2,1H3. The van der Waals surface area contributed by atoms with Crippen molar-refractivity contribution in [1.82, 2.24) is 5.01 Å². The maximum absolute atomic E-state index is 15.5. The van der Waals surface area contributed by atoms with Gasteiger partial charge in [-0.15, -0.1) is 0 Å². The Morgan fingerprint density at radius 3 is 2.20 bits per heavy atom. The fraction of sp³-hybridized carbons (Fsp3) is 0.205. The molecular formula is C44H33ClFN3O6. The van der Waals surface area contributed by atoms with Gasteiger partial charge in [-0.05, 0) is 109 Å². The number of amides is 4. The number of imide groups is 2. The smallest absolute Gasteiger partial charge is 0.260 e. The first-order valence-electron chi connectivity index (χ1n) is 18.1. The molecule has 1 saturated carbocycles. The molecule has 3 fully saturated rings. The summed E-state index contributed by atoms with van der Waals surface area (Å²) in [6.07, 6.45) is 2.26. The molecule has 55 heavy (non-hydrogen) atoms. The second kappa shape index (κ2) is 12.7. The van der Waals surface area contributed by atoms with E-state index < -0.39 is 58.5 Å². The number of phenolic OH excluding ortho intramolecular Hbond substituents is 1. The van der Waals surface area contributed by atoms with Crippen molar-refractivity contribution in [3.63, 3.8) is 0 Å².